The Balaban J connectivity index is 1.73. The van der Waals surface area contributed by atoms with Crippen LogP contribution in [0.15, 0.2) is 11.6 Å². The summed E-state index contributed by atoms with van der Waals surface area (Å²) in [6.07, 6.45) is -15.7. The Hall–Kier alpha value is -0.820. The number of hydrogen-bond acceptors (Lipinski definition) is 14. The molecule has 3 rings (SSSR count). The SMILES string of the molecule is OCC1=C[C@@H](N[C@@H]2C[C@H](CO)[C@H](O[C@@H]3O[C@@H](CO)[C@@H](O)[C@H](O)[C@H]3O)[C@H](O)[C@@H]2O)[C@H](O)[C@@H](O)[C@H]1O. The van der Waals surface area contributed by atoms with Gasteiger partial charge in [-0.15, -0.1) is 0 Å². The predicted molar refractivity (Wildman–Crippen MR) is 110 cm³/mol. The molecule has 2 fully saturated rings. The fraction of sp³-hybridized carbons (Fsp3) is 0.900. The van der Waals surface area contributed by atoms with Gasteiger partial charge in [-0.1, -0.05) is 6.08 Å². The van der Waals surface area contributed by atoms with E-state index < -0.39 is 105 Å². The molecule has 12 N–H and O–H groups in total. The zero-order valence-electron chi connectivity index (χ0n) is 18.2. The molecule has 1 heterocycles. The van der Waals surface area contributed by atoms with Crippen LogP contribution in [-0.2, 0) is 9.47 Å². The third-order valence-electron chi connectivity index (χ3n) is 6.90. The summed E-state index contributed by atoms with van der Waals surface area (Å²) in [6.45, 7) is -1.80. The molecule has 2 aliphatic carbocycles. The minimum absolute atomic E-state index is 0.0129. The summed E-state index contributed by atoms with van der Waals surface area (Å²) in [6, 6.07) is -1.94. The number of hydrogen-bond donors (Lipinski definition) is 12. The first kappa shape index (κ1) is 27.8. The first-order chi connectivity index (χ1) is 16.0. The van der Waals surface area contributed by atoms with Crippen LogP contribution in [0.1, 0.15) is 6.42 Å². The normalized spacial score (nSPS) is 50.1. The van der Waals surface area contributed by atoms with Crippen molar-refractivity contribution in [1.82, 2.24) is 5.32 Å². The zero-order chi connectivity index (χ0) is 25.3. The van der Waals surface area contributed by atoms with Crippen molar-refractivity contribution in [3.63, 3.8) is 0 Å². The van der Waals surface area contributed by atoms with Crippen LogP contribution in [0.3, 0.4) is 0 Å². The van der Waals surface area contributed by atoms with Crippen molar-refractivity contribution >= 4 is 0 Å². The Kier molecular flexibility index (Phi) is 9.38. The summed E-state index contributed by atoms with van der Waals surface area (Å²) < 4.78 is 10.9. The van der Waals surface area contributed by atoms with Gasteiger partial charge in [0.2, 0.25) is 0 Å². The molecule has 1 saturated carbocycles. The predicted octanol–water partition coefficient (Wildman–Crippen LogP) is -6.75. The van der Waals surface area contributed by atoms with Gasteiger partial charge in [0, 0.05) is 18.6 Å². The summed E-state index contributed by atoms with van der Waals surface area (Å²) in [7, 11) is 0. The first-order valence-corrected chi connectivity index (χ1v) is 11.1. The zero-order valence-corrected chi connectivity index (χ0v) is 18.2. The fourth-order valence-electron chi connectivity index (χ4n) is 4.77. The van der Waals surface area contributed by atoms with Gasteiger partial charge >= 0.3 is 0 Å². The van der Waals surface area contributed by atoms with E-state index in [0.717, 1.165) is 0 Å². The van der Waals surface area contributed by atoms with Crippen molar-refractivity contribution in [3.05, 3.63) is 11.6 Å². The van der Waals surface area contributed by atoms with Gasteiger partial charge < -0.3 is 71.0 Å². The van der Waals surface area contributed by atoms with Crippen LogP contribution in [0.2, 0.25) is 0 Å². The van der Waals surface area contributed by atoms with E-state index in [9.17, 15) is 56.2 Å². The average Bonchev–Trinajstić information content (AvgIpc) is 2.83. The highest BCUT2D eigenvalue weighted by molar-refractivity contribution is 5.22. The van der Waals surface area contributed by atoms with E-state index in [1.54, 1.807) is 0 Å². The van der Waals surface area contributed by atoms with Crippen LogP contribution in [0.5, 0.6) is 0 Å². The summed E-state index contributed by atoms with van der Waals surface area (Å²) in [5, 5.41) is 113. The first-order valence-electron chi connectivity index (χ1n) is 11.1. The third-order valence-corrected chi connectivity index (χ3v) is 6.90. The quantitative estimate of drug-likeness (QED) is 0.146. The highest BCUT2D eigenvalue weighted by Crippen LogP contribution is 2.33. The molecule has 14 nitrogen and oxygen atoms in total. The van der Waals surface area contributed by atoms with Crippen molar-refractivity contribution in [2.75, 3.05) is 19.8 Å². The van der Waals surface area contributed by atoms with Gasteiger partial charge in [-0.05, 0) is 12.0 Å². The average molecular weight is 497 g/mol. The monoisotopic (exact) mass is 497 g/mol. The van der Waals surface area contributed by atoms with Crippen molar-refractivity contribution in [2.24, 2.45) is 5.92 Å². The highest BCUT2D eigenvalue weighted by atomic mass is 16.7. The minimum atomic E-state index is -1.75. The van der Waals surface area contributed by atoms with Crippen LogP contribution in [0.25, 0.3) is 0 Å². The maximum atomic E-state index is 10.7. The largest absolute Gasteiger partial charge is 0.396 e. The van der Waals surface area contributed by atoms with Gasteiger partial charge in [-0.3, -0.25) is 0 Å². The van der Waals surface area contributed by atoms with Crippen LogP contribution >= 0.6 is 0 Å². The lowest BCUT2D eigenvalue weighted by Gasteiger charge is -2.47. The molecule has 14 atom stereocenters. The van der Waals surface area contributed by atoms with Crippen LogP contribution in [0, 0.1) is 5.92 Å². The van der Waals surface area contributed by atoms with E-state index in [1.807, 2.05) is 0 Å². The molecule has 0 aromatic heterocycles. The van der Waals surface area contributed by atoms with Gasteiger partial charge in [0.15, 0.2) is 6.29 Å². The molecule has 0 spiro atoms. The van der Waals surface area contributed by atoms with E-state index in [0.29, 0.717) is 0 Å². The summed E-state index contributed by atoms with van der Waals surface area (Å²) in [4.78, 5) is 0. The molecule has 0 radical (unpaired) electrons. The van der Waals surface area contributed by atoms with E-state index in [-0.39, 0.29) is 12.0 Å². The molecule has 0 bridgehead atoms. The van der Waals surface area contributed by atoms with E-state index in [2.05, 4.69) is 5.32 Å². The molecule has 0 unspecified atom stereocenters. The highest BCUT2D eigenvalue weighted by Gasteiger charge is 2.50. The molecule has 1 aliphatic heterocycles. The van der Waals surface area contributed by atoms with E-state index >= 15 is 0 Å². The molecular weight excluding hydrogens is 462 g/mol. The van der Waals surface area contributed by atoms with Crippen molar-refractivity contribution in [2.45, 2.75) is 85.8 Å². The van der Waals surface area contributed by atoms with Crippen LogP contribution in [-0.4, -0.2) is 155 Å². The lowest BCUT2D eigenvalue weighted by atomic mass is 9.78. The lowest BCUT2D eigenvalue weighted by Crippen LogP contribution is -2.66. The molecular formula is C20H35NO13. The second-order valence-corrected chi connectivity index (χ2v) is 9.08. The van der Waals surface area contributed by atoms with E-state index in [1.165, 1.54) is 6.08 Å². The number of rotatable bonds is 7. The van der Waals surface area contributed by atoms with Crippen molar-refractivity contribution < 1.29 is 65.6 Å². The molecule has 0 aromatic rings. The summed E-state index contributed by atoms with van der Waals surface area (Å²) in [5.74, 6) is -0.833. The molecule has 1 saturated heterocycles. The number of ether oxygens (including phenoxy) is 2. The standard InChI is InChI=1S/C20H35NO13/c22-3-6-1-8(12(26)15(29)11(6)25)21-9-2-7(4-23)19(17(31)13(9)27)34-20-18(32)16(30)14(28)10(5-24)33-20/h1,7-32H,2-5H2/t7-,8-,9-,10+,11+,12+,13-,14-,15+,16+,17-,18-,19+,20+/m1/s1. The molecule has 0 amide bonds. The molecule has 14 heteroatoms. The maximum Gasteiger partial charge on any atom is 0.187 e. The van der Waals surface area contributed by atoms with Gasteiger partial charge in [-0.25, -0.2) is 0 Å². The van der Waals surface area contributed by atoms with Gasteiger partial charge in [0.05, 0.1) is 31.5 Å². The van der Waals surface area contributed by atoms with Crippen LogP contribution < -0.4 is 5.32 Å². The number of nitrogens with one attached hydrogen (secondary N) is 1. The molecule has 34 heavy (non-hydrogen) atoms. The fourth-order valence-corrected chi connectivity index (χ4v) is 4.77. The molecule has 0 aromatic carbocycles. The molecule has 198 valence electrons. The Morgan fingerprint density at radius 2 is 1.47 bits per heavy atom. The second kappa shape index (κ2) is 11.5. The van der Waals surface area contributed by atoms with Crippen molar-refractivity contribution in [3.8, 4) is 0 Å². The third kappa shape index (κ3) is 5.30. The van der Waals surface area contributed by atoms with Gasteiger partial charge in [-0.2, -0.15) is 0 Å². The van der Waals surface area contributed by atoms with E-state index in [4.69, 9.17) is 9.47 Å². The minimum Gasteiger partial charge on any atom is -0.396 e. The Bertz CT molecular complexity index is 693. The Labute approximate surface area is 194 Å². The maximum absolute atomic E-state index is 10.7. The smallest absolute Gasteiger partial charge is 0.187 e. The van der Waals surface area contributed by atoms with Gasteiger partial charge in [0.25, 0.3) is 0 Å². The molecule has 3 aliphatic rings. The summed E-state index contributed by atoms with van der Waals surface area (Å²) >= 11 is 0. The van der Waals surface area contributed by atoms with Crippen molar-refractivity contribution in [1.29, 1.82) is 0 Å². The lowest BCUT2D eigenvalue weighted by molar-refractivity contribution is -0.328. The Morgan fingerprint density at radius 1 is 0.794 bits per heavy atom. The van der Waals surface area contributed by atoms with Gasteiger partial charge in [0.1, 0.15) is 48.8 Å². The number of aliphatic hydroxyl groups excluding tert-OH is 11. The topological polar surface area (TPSA) is 253 Å². The Morgan fingerprint density at radius 3 is 2.06 bits per heavy atom. The number of aliphatic hydroxyl groups is 11. The van der Waals surface area contributed by atoms with Crippen LogP contribution in [0.4, 0.5) is 0 Å². The summed E-state index contributed by atoms with van der Waals surface area (Å²) in [5.41, 5.74) is 0.0590. The second-order valence-electron chi connectivity index (χ2n) is 9.08.